The Morgan fingerprint density at radius 3 is 2.09 bits per heavy atom. The number of hydrogen-bond donors (Lipinski definition) is 0. The Morgan fingerprint density at radius 2 is 1.68 bits per heavy atom. The van der Waals surface area contributed by atoms with Crippen LogP contribution < -0.4 is 0 Å². The molecule has 0 aliphatic rings. The molecule has 0 saturated heterocycles. The summed E-state index contributed by atoms with van der Waals surface area (Å²) in [6.07, 6.45) is 1.04. The SMILES string of the molecule is CC[N-]C[N-]C(C)(C)C.C[N-]C(C)CC(C)[N-]CCOC.[Co]. The van der Waals surface area contributed by atoms with E-state index in [4.69, 9.17) is 4.74 Å². The van der Waals surface area contributed by atoms with Gasteiger partial charge in [0, 0.05) is 30.5 Å². The van der Waals surface area contributed by atoms with Crippen LogP contribution in [-0.2, 0) is 21.5 Å². The van der Waals surface area contributed by atoms with Crippen LogP contribution in [0.4, 0.5) is 0 Å². The Kier molecular flexibility index (Phi) is 21.8. The summed E-state index contributed by atoms with van der Waals surface area (Å²) in [6, 6.07) is 0.824. The molecule has 0 bridgehead atoms. The molecular weight excluding hydrogens is 323 g/mol. The third-order valence-electron chi connectivity index (χ3n) is 2.73. The maximum atomic E-state index is 4.91. The van der Waals surface area contributed by atoms with Crippen LogP contribution in [0.3, 0.4) is 0 Å². The maximum absolute atomic E-state index is 4.91. The number of ether oxygens (including phenoxy) is 1. The zero-order valence-corrected chi connectivity index (χ0v) is 16.8. The van der Waals surface area contributed by atoms with Gasteiger partial charge in [-0.15, -0.1) is 24.2 Å². The smallest absolute Gasteiger partial charge is 0.0354 e. The van der Waals surface area contributed by atoms with Crippen LogP contribution >= 0.6 is 0 Å². The predicted molar refractivity (Wildman–Crippen MR) is 94.8 cm³/mol. The predicted octanol–water partition coefficient (Wildman–Crippen LogP) is 4.68. The second-order valence-electron chi connectivity index (χ2n) is 6.10. The first kappa shape index (κ1) is 27.2. The van der Waals surface area contributed by atoms with Gasteiger partial charge in [-0.05, 0) is 0 Å². The first-order valence-electron chi connectivity index (χ1n) is 7.83. The van der Waals surface area contributed by atoms with E-state index in [2.05, 4.69) is 55.9 Å². The van der Waals surface area contributed by atoms with Crippen molar-refractivity contribution in [2.45, 2.75) is 65.6 Å². The van der Waals surface area contributed by atoms with E-state index in [9.17, 15) is 0 Å². The van der Waals surface area contributed by atoms with Gasteiger partial charge in [0.2, 0.25) is 0 Å². The van der Waals surface area contributed by atoms with Crippen molar-refractivity contribution in [1.29, 1.82) is 0 Å². The molecule has 2 atom stereocenters. The quantitative estimate of drug-likeness (QED) is 0.522. The minimum Gasteiger partial charge on any atom is -0.681 e. The van der Waals surface area contributed by atoms with Crippen molar-refractivity contribution in [3.63, 3.8) is 0 Å². The molecular formula is C16H36CoN4O-4. The van der Waals surface area contributed by atoms with Gasteiger partial charge < -0.3 is 26.0 Å². The minimum absolute atomic E-state index is 0. The van der Waals surface area contributed by atoms with E-state index in [1.54, 1.807) is 7.11 Å². The van der Waals surface area contributed by atoms with E-state index in [1.807, 2.05) is 14.0 Å². The van der Waals surface area contributed by atoms with E-state index in [0.717, 1.165) is 26.1 Å². The van der Waals surface area contributed by atoms with Gasteiger partial charge in [-0.1, -0.05) is 48.0 Å². The number of hydrogen-bond acceptors (Lipinski definition) is 1. The van der Waals surface area contributed by atoms with Crippen molar-refractivity contribution in [2.75, 3.05) is 40.5 Å². The Labute approximate surface area is 149 Å². The molecule has 6 heteroatoms. The van der Waals surface area contributed by atoms with Gasteiger partial charge in [-0.2, -0.15) is 13.6 Å². The van der Waals surface area contributed by atoms with E-state index in [-0.39, 0.29) is 22.3 Å². The molecule has 2 unspecified atom stereocenters. The van der Waals surface area contributed by atoms with Crippen molar-refractivity contribution >= 4 is 0 Å². The molecule has 0 rings (SSSR count). The second-order valence-corrected chi connectivity index (χ2v) is 6.10. The van der Waals surface area contributed by atoms with Crippen LogP contribution in [-0.4, -0.2) is 58.1 Å². The molecule has 139 valence electrons. The number of methoxy groups -OCH3 is 1. The summed E-state index contributed by atoms with van der Waals surface area (Å²) in [5, 5.41) is 17.0. The topological polar surface area (TPSA) is 65.6 Å². The third-order valence-corrected chi connectivity index (χ3v) is 2.73. The van der Waals surface area contributed by atoms with Crippen molar-refractivity contribution in [2.24, 2.45) is 0 Å². The monoisotopic (exact) mass is 359 g/mol. The summed E-state index contributed by atoms with van der Waals surface area (Å²) < 4.78 is 4.91. The third kappa shape index (κ3) is 25.3. The average Bonchev–Trinajstić information content (AvgIpc) is 2.38. The standard InChI is InChI=1S/C9H20N2O.C7H16N2.Co/c1-8(10-3)7-9(2)11-5-6-12-4;1-5-8-6-9-7(2,3)4;/h8-9H,5-7H2,1-4H3;5-6H2,1-4H3;/q2*-2;. The molecule has 0 aliphatic carbocycles. The Balaban J connectivity index is -0.000000326. The van der Waals surface area contributed by atoms with Gasteiger partial charge >= 0.3 is 0 Å². The fourth-order valence-corrected chi connectivity index (χ4v) is 1.40. The molecule has 0 aromatic carbocycles. The molecule has 22 heavy (non-hydrogen) atoms. The van der Waals surface area contributed by atoms with Crippen molar-refractivity contribution in [3.05, 3.63) is 21.3 Å². The number of nitrogens with zero attached hydrogens (tertiary/aromatic N) is 4. The molecule has 0 fully saturated rings. The molecule has 0 aromatic heterocycles. The van der Waals surface area contributed by atoms with E-state index in [1.165, 1.54) is 0 Å². The number of rotatable bonds is 10. The van der Waals surface area contributed by atoms with E-state index < -0.39 is 0 Å². The van der Waals surface area contributed by atoms with Crippen molar-refractivity contribution in [3.8, 4) is 0 Å². The summed E-state index contributed by atoms with van der Waals surface area (Å²) in [6.45, 7) is 15.6. The van der Waals surface area contributed by atoms with Gasteiger partial charge in [-0.25, -0.2) is 0 Å². The minimum atomic E-state index is 0. The zero-order chi connectivity index (χ0) is 16.7. The van der Waals surface area contributed by atoms with Gasteiger partial charge in [0.25, 0.3) is 0 Å². The second kappa shape index (κ2) is 17.7. The summed E-state index contributed by atoms with van der Waals surface area (Å²) in [4.78, 5) is 0. The molecule has 1 radical (unpaired) electrons. The first-order chi connectivity index (χ1) is 9.76. The Morgan fingerprint density at radius 1 is 1.09 bits per heavy atom. The Bertz CT molecular complexity index is 213. The summed E-state index contributed by atoms with van der Waals surface area (Å²) in [7, 11) is 3.55. The van der Waals surface area contributed by atoms with Crippen LogP contribution in [0.15, 0.2) is 0 Å². The molecule has 0 aromatic rings. The first-order valence-corrected chi connectivity index (χ1v) is 7.83. The molecule has 0 saturated carbocycles. The van der Waals surface area contributed by atoms with Crippen LogP contribution in [0.2, 0.25) is 0 Å². The van der Waals surface area contributed by atoms with Crippen LogP contribution in [0.25, 0.3) is 21.3 Å². The largest absolute Gasteiger partial charge is 0.681 e. The maximum Gasteiger partial charge on any atom is 0.0354 e. The summed E-state index contributed by atoms with van der Waals surface area (Å²) >= 11 is 0. The molecule has 0 heterocycles. The van der Waals surface area contributed by atoms with Gasteiger partial charge in [0.1, 0.15) is 0 Å². The van der Waals surface area contributed by atoms with Crippen LogP contribution in [0.1, 0.15) is 48.0 Å². The fraction of sp³-hybridized carbons (Fsp3) is 1.00. The summed E-state index contributed by atoms with van der Waals surface area (Å²) in [5.41, 5.74) is 0.0820. The van der Waals surface area contributed by atoms with Gasteiger partial charge in [0.05, 0.1) is 0 Å². The normalized spacial score (nSPS) is 13.6. The molecule has 0 N–H and O–H groups in total. The average molecular weight is 359 g/mol. The van der Waals surface area contributed by atoms with Gasteiger partial charge in [-0.3, -0.25) is 6.67 Å². The fourth-order valence-electron chi connectivity index (χ4n) is 1.40. The zero-order valence-electron chi connectivity index (χ0n) is 15.7. The van der Waals surface area contributed by atoms with Crippen molar-refractivity contribution in [1.82, 2.24) is 0 Å². The molecule has 0 aliphatic heterocycles. The Hall–Kier alpha value is 0.306. The van der Waals surface area contributed by atoms with E-state index >= 15 is 0 Å². The van der Waals surface area contributed by atoms with Crippen LogP contribution in [0.5, 0.6) is 0 Å². The summed E-state index contributed by atoms with van der Waals surface area (Å²) in [5.74, 6) is 0. The molecule has 5 nitrogen and oxygen atoms in total. The van der Waals surface area contributed by atoms with Gasteiger partial charge in [0.15, 0.2) is 0 Å². The van der Waals surface area contributed by atoms with Crippen LogP contribution in [0, 0.1) is 0 Å². The molecule has 0 amide bonds. The van der Waals surface area contributed by atoms with Crippen molar-refractivity contribution < 1.29 is 21.5 Å². The molecule has 0 spiro atoms. The van der Waals surface area contributed by atoms with E-state index in [0.29, 0.717) is 18.8 Å².